The molecule has 0 aromatic heterocycles. The number of hydrogen-bond donors (Lipinski definition) is 1. The van der Waals surface area contributed by atoms with Crippen LogP contribution in [-0.2, 0) is 0 Å². The van der Waals surface area contributed by atoms with Crippen LogP contribution in [0.4, 0.5) is 5.69 Å². The van der Waals surface area contributed by atoms with Gasteiger partial charge in [0.25, 0.3) is 0 Å². The molecule has 1 saturated heterocycles. The van der Waals surface area contributed by atoms with Crippen molar-refractivity contribution in [3.63, 3.8) is 0 Å². The molecule has 2 aliphatic rings. The van der Waals surface area contributed by atoms with Crippen molar-refractivity contribution < 1.29 is 0 Å². The largest absolute Gasteiger partial charge is 0.371 e. The maximum absolute atomic E-state index is 5.72. The number of piperidine rings is 1. The highest BCUT2D eigenvalue weighted by atomic mass is 15.2. The maximum atomic E-state index is 5.72. The molecule has 0 spiro atoms. The molecule has 1 saturated carbocycles. The quantitative estimate of drug-likeness (QED) is 0.790. The van der Waals surface area contributed by atoms with E-state index in [1.54, 1.807) is 0 Å². The van der Waals surface area contributed by atoms with E-state index in [0.717, 1.165) is 24.3 Å². The smallest absolute Gasteiger partial charge is 0.0396 e. The van der Waals surface area contributed by atoms with Crippen LogP contribution in [0.5, 0.6) is 0 Å². The standard InChI is InChI=1S/C13H18N2/c1-9-4-2-3-5-13(9)15-7-11-10(6-14)12(11)8-15/h2-5,10-12H,6-8,14H2,1H3. The molecule has 2 atom stereocenters. The molecule has 1 aromatic carbocycles. The molecule has 1 aliphatic carbocycles. The minimum Gasteiger partial charge on any atom is -0.371 e. The zero-order valence-electron chi connectivity index (χ0n) is 9.19. The van der Waals surface area contributed by atoms with E-state index in [2.05, 4.69) is 36.1 Å². The van der Waals surface area contributed by atoms with Crippen LogP contribution in [0.15, 0.2) is 24.3 Å². The first-order valence-corrected chi connectivity index (χ1v) is 5.82. The SMILES string of the molecule is Cc1ccccc1N1CC2C(CN)C2C1. The van der Waals surface area contributed by atoms with Crippen molar-refractivity contribution in [1.29, 1.82) is 0 Å². The van der Waals surface area contributed by atoms with E-state index >= 15 is 0 Å². The third-order valence-corrected chi connectivity index (χ3v) is 4.10. The van der Waals surface area contributed by atoms with Crippen molar-refractivity contribution in [2.45, 2.75) is 6.92 Å². The van der Waals surface area contributed by atoms with Gasteiger partial charge < -0.3 is 10.6 Å². The first-order valence-electron chi connectivity index (χ1n) is 5.82. The number of anilines is 1. The molecular formula is C13H18N2. The number of nitrogens with two attached hydrogens (primary N) is 1. The Bertz CT molecular complexity index is 363. The van der Waals surface area contributed by atoms with Gasteiger partial charge in [0.15, 0.2) is 0 Å². The number of nitrogens with zero attached hydrogens (tertiary/aromatic N) is 1. The minimum absolute atomic E-state index is 0.824. The molecule has 2 nitrogen and oxygen atoms in total. The molecule has 0 amide bonds. The van der Waals surface area contributed by atoms with E-state index in [1.807, 2.05) is 0 Å². The topological polar surface area (TPSA) is 29.3 Å². The van der Waals surface area contributed by atoms with Crippen molar-refractivity contribution in [1.82, 2.24) is 0 Å². The molecule has 1 heterocycles. The van der Waals surface area contributed by atoms with Crippen LogP contribution in [0, 0.1) is 24.7 Å². The summed E-state index contributed by atoms with van der Waals surface area (Å²) in [6, 6.07) is 8.67. The Morgan fingerprint density at radius 1 is 1.27 bits per heavy atom. The Labute approximate surface area is 91.1 Å². The predicted octanol–water partition coefficient (Wildman–Crippen LogP) is 1.64. The number of fused-ring (bicyclic) bond motifs is 1. The van der Waals surface area contributed by atoms with Crippen LogP contribution >= 0.6 is 0 Å². The van der Waals surface area contributed by atoms with Gasteiger partial charge in [0, 0.05) is 18.8 Å². The summed E-state index contributed by atoms with van der Waals surface area (Å²) in [5.41, 5.74) is 8.53. The van der Waals surface area contributed by atoms with Crippen molar-refractivity contribution >= 4 is 5.69 Å². The average Bonchev–Trinajstić information content (AvgIpc) is 2.72. The third-order valence-electron chi connectivity index (χ3n) is 4.10. The first-order chi connectivity index (χ1) is 7.31. The summed E-state index contributed by atoms with van der Waals surface area (Å²) < 4.78 is 0. The summed E-state index contributed by atoms with van der Waals surface area (Å²) >= 11 is 0. The van der Waals surface area contributed by atoms with Gasteiger partial charge in [0.05, 0.1) is 0 Å². The molecule has 2 N–H and O–H groups in total. The monoisotopic (exact) mass is 202 g/mol. The van der Waals surface area contributed by atoms with Gasteiger partial charge in [-0.3, -0.25) is 0 Å². The highest BCUT2D eigenvalue weighted by Crippen LogP contribution is 2.52. The van der Waals surface area contributed by atoms with Gasteiger partial charge in [-0.15, -0.1) is 0 Å². The van der Waals surface area contributed by atoms with Gasteiger partial charge in [-0.05, 0) is 42.9 Å². The van der Waals surface area contributed by atoms with E-state index in [1.165, 1.54) is 24.3 Å². The van der Waals surface area contributed by atoms with Crippen LogP contribution in [0.2, 0.25) is 0 Å². The molecule has 80 valence electrons. The lowest BCUT2D eigenvalue weighted by molar-refractivity contribution is 0.647. The molecule has 0 radical (unpaired) electrons. The molecule has 15 heavy (non-hydrogen) atoms. The third kappa shape index (κ3) is 1.36. The fourth-order valence-electron chi connectivity index (χ4n) is 3.11. The summed E-state index contributed by atoms with van der Waals surface area (Å²) in [7, 11) is 0. The number of para-hydroxylation sites is 1. The lowest BCUT2D eigenvalue weighted by Gasteiger charge is -2.23. The Morgan fingerprint density at radius 3 is 2.53 bits per heavy atom. The normalized spacial score (nSPS) is 32.9. The fourth-order valence-corrected chi connectivity index (χ4v) is 3.11. The van der Waals surface area contributed by atoms with Crippen LogP contribution < -0.4 is 10.6 Å². The van der Waals surface area contributed by atoms with Crippen molar-refractivity contribution in [2.75, 3.05) is 24.5 Å². The van der Waals surface area contributed by atoms with E-state index in [4.69, 9.17) is 5.73 Å². The second-order valence-corrected chi connectivity index (χ2v) is 4.92. The van der Waals surface area contributed by atoms with E-state index in [-0.39, 0.29) is 0 Å². The molecule has 3 rings (SSSR count). The molecule has 2 fully saturated rings. The van der Waals surface area contributed by atoms with E-state index in [0.29, 0.717) is 0 Å². The molecule has 1 aliphatic heterocycles. The van der Waals surface area contributed by atoms with Gasteiger partial charge in [-0.25, -0.2) is 0 Å². The lowest BCUT2D eigenvalue weighted by Crippen LogP contribution is -2.26. The second kappa shape index (κ2) is 3.24. The molecule has 1 aromatic rings. The number of rotatable bonds is 2. The van der Waals surface area contributed by atoms with Crippen LogP contribution in [-0.4, -0.2) is 19.6 Å². The summed E-state index contributed by atoms with van der Waals surface area (Å²) in [4.78, 5) is 2.52. The number of hydrogen-bond acceptors (Lipinski definition) is 2. The van der Waals surface area contributed by atoms with Gasteiger partial charge in [0.1, 0.15) is 0 Å². The molecule has 0 bridgehead atoms. The zero-order chi connectivity index (χ0) is 10.4. The first kappa shape index (κ1) is 9.22. The Hall–Kier alpha value is -1.02. The van der Waals surface area contributed by atoms with Crippen molar-refractivity contribution in [3.8, 4) is 0 Å². The van der Waals surface area contributed by atoms with E-state index in [9.17, 15) is 0 Å². The predicted molar refractivity (Wildman–Crippen MR) is 62.9 cm³/mol. The summed E-state index contributed by atoms with van der Waals surface area (Å²) in [6.07, 6.45) is 0. The molecular weight excluding hydrogens is 184 g/mol. The Morgan fingerprint density at radius 2 is 1.93 bits per heavy atom. The summed E-state index contributed by atoms with van der Waals surface area (Å²) in [5, 5.41) is 0. The number of aryl methyl sites for hydroxylation is 1. The fraction of sp³-hybridized carbons (Fsp3) is 0.538. The highest BCUT2D eigenvalue weighted by Gasteiger charge is 2.54. The summed E-state index contributed by atoms with van der Waals surface area (Å²) in [5.74, 6) is 2.59. The van der Waals surface area contributed by atoms with Crippen LogP contribution in [0.1, 0.15) is 5.56 Å². The number of benzene rings is 1. The Balaban J connectivity index is 1.75. The highest BCUT2D eigenvalue weighted by molar-refractivity contribution is 5.54. The van der Waals surface area contributed by atoms with E-state index < -0.39 is 0 Å². The average molecular weight is 202 g/mol. The van der Waals surface area contributed by atoms with Gasteiger partial charge >= 0.3 is 0 Å². The van der Waals surface area contributed by atoms with Crippen molar-refractivity contribution in [3.05, 3.63) is 29.8 Å². The molecule has 2 unspecified atom stereocenters. The van der Waals surface area contributed by atoms with Crippen LogP contribution in [0.25, 0.3) is 0 Å². The van der Waals surface area contributed by atoms with Crippen molar-refractivity contribution in [2.24, 2.45) is 23.5 Å². The summed E-state index contributed by atoms with van der Waals surface area (Å²) in [6.45, 7) is 5.52. The van der Waals surface area contributed by atoms with Crippen LogP contribution in [0.3, 0.4) is 0 Å². The second-order valence-electron chi connectivity index (χ2n) is 4.92. The maximum Gasteiger partial charge on any atom is 0.0396 e. The van der Waals surface area contributed by atoms with Gasteiger partial charge in [-0.2, -0.15) is 0 Å². The minimum atomic E-state index is 0.824. The lowest BCUT2D eigenvalue weighted by atomic mass is 10.1. The zero-order valence-corrected chi connectivity index (χ0v) is 9.19. The molecule has 2 heteroatoms. The van der Waals surface area contributed by atoms with Gasteiger partial charge in [-0.1, -0.05) is 18.2 Å². The van der Waals surface area contributed by atoms with Gasteiger partial charge in [0.2, 0.25) is 0 Å². The Kier molecular flexibility index (Phi) is 1.99.